The van der Waals surface area contributed by atoms with Gasteiger partial charge in [0.1, 0.15) is 5.75 Å². The molecule has 2 unspecified atom stereocenters. The largest absolute Gasteiger partial charge is 0.495 e. The van der Waals surface area contributed by atoms with E-state index in [1.165, 1.54) is 18.4 Å². The van der Waals surface area contributed by atoms with E-state index in [1.54, 1.807) is 7.11 Å². The summed E-state index contributed by atoms with van der Waals surface area (Å²) in [5.74, 6) is 1.47. The minimum absolute atomic E-state index is 0.0707. The lowest BCUT2D eigenvalue weighted by molar-refractivity contribution is 0.0807. The first-order chi connectivity index (χ1) is 20.5. The number of benzene rings is 3. The number of para-hydroxylation sites is 1. The van der Waals surface area contributed by atoms with Crippen molar-refractivity contribution < 1.29 is 14.3 Å². The molecule has 2 aliphatic heterocycles. The Morgan fingerprint density at radius 2 is 1.69 bits per heavy atom. The summed E-state index contributed by atoms with van der Waals surface area (Å²) in [5.41, 5.74) is 4.76. The van der Waals surface area contributed by atoms with E-state index in [0.717, 1.165) is 60.1 Å². The summed E-state index contributed by atoms with van der Waals surface area (Å²) in [5, 5.41) is 4.03. The number of piperidine rings is 1. The number of amides is 1. The van der Waals surface area contributed by atoms with Gasteiger partial charge in [-0.3, -0.25) is 14.5 Å². The number of hydrogen-bond donors (Lipinski definition) is 1. The summed E-state index contributed by atoms with van der Waals surface area (Å²) in [7, 11) is 1.69. The molecule has 1 amide bonds. The summed E-state index contributed by atoms with van der Waals surface area (Å²) in [4.78, 5) is 28.9. The molecule has 2 fully saturated rings. The van der Waals surface area contributed by atoms with Crippen LogP contribution in [0, 0.1) is 12.8 Å². The Balaban J connectivity index is 1.10. The summed E-state index contributed by atoms with van der Waals surface area (Å²) < 4.78 is 7.93. The molecule has 0 radical (unpaired) electrons. The number of hydrogen-bond acceptors (Lipinski definition) is 4. The zero-order valence-electron chi connectivity index (χ0n) is 24.7. The highest BCUT2D eigenvalue weighted by Crippen LogP contribution is 2.40. The number of ether oxygens (including phenoxy) is 1. The molecule has 2 aliphatic rings. The number of fused-ring (bicyclic) bond motifs is 3. The second-order valence-corrected chi connectivity index (χ2v) is 12.1. The normalized spacial score (nSPS) is 20.1. The maximum absolute atomic E-state index is 13.3. The van der Waals surface area contributed by atoms with E-state index in [1.807, 2.05) is 66.9 Å². The highest BCUT2D eigenvalue weighted by molar-refractivity contribution is 6.08. The second kappa shape index (κ2) is 12.5. The Kier molecular flexibility index (Phi) is 8.43. The van der Waals surface area contributed by atoms with Gasteiger partial charge in [0.25, 0.3) is 5.91 Å². The molecule has 218 valence electrons. The fourth-order valence-corrected chi connectivity index (χ4v) is 7.29. The van der Waals surface area contributed by atoms with Crippen molar-refractivity contribution >= 4 is 22.6 Å². The molecule has 1 N–H and O–H groups in total. The molecule has 6 nitrogen and oxygen atoms in total. The Morgan fingerprint density at radius 3 is 2.43 bits per heavy atom. The fourth-order valence-electron chi connectivity index (χ4n) is 7.29. The van der Waals surface area contributed by atoms with Crippen LogP contribution in [-0.4, -0.2) is 46.9 Å². The molecule has 2 bridgehead atoms. The van der Waals surface area contributed by atoms with Crippen molar-refractivity contribution in [2.24, 2.45) is 5.92 Å². The van der Waals surface area contributed by atoms with E-state index in [2.05, 4.69) is 33.8 Å². The van der Waals surface area contributed by atoms with E-state index in [0.29, 0.717) is 36.5 Å². The Morgan fingerprint density at radius 1 is 0.929 bits per heavy atom. The quantitative estimate of drug-likeness (QED) is 0.204. The number of nitrogens with zero attached hydrogens (tertiary/aromatic N) is 2. The maximum atomic E-state index is 13.3. The van der Waals surface area contributed by atoms with Crippen LogP contribution in [0.15, 0.2) is 79.0 Å². The number of nitrogens with one attached hydrogen (secondary N) is 1. The lowest BCUT2D eigenvalue weighted by Gasteiger charge is -2.39. The van der Waals surface area contributed by atoms with Crippen LogP contribution < -0.4 is 10.1 Å². The average Bonchev–Trinajstić information content (AvgIpc) is 3.49. The zero-order valence-corrected chi connectivity index (χ0v) is 24.7. The van der Waals surface area contributed by atoms with Gasteiger partial charge in [0.15, 0.2) is 5.78 Å². The van der Waals surface area contributed by atoms with Crippen molar-refractivity contribution in [3.63, 3.8) is 0 Å². The zero-order chi connectivity index (χ0) is 29.1. The van der Waals surface area contributed by atoms with Crippen LogP contribution in [0.5, 0.6) is 5.75 Å². The van der Waals surface area contributed by atoms with Crippen LogP contribution in [0.1, 0.15) is 70.4 Å². The number of Topliss-reactive ketones (excluding diaryl/α,β-unsaturated/α-hetero) is 1. The van der Waals surface area contributed by atoms with Gasteiger partial charge in [0.05, 0.1) is 18.2 Å². The minimum Gasteiger partial charge on any atom is -0.495 e. The Hall–Kier alpha value is -3.90. The summed E-state index contributed by atoms with van der Waals surface area (Å²) in [6, 6.07) is 25.0. The number of rotatable bonds is 11. The van der Waals surface area contributed by atoms with Gasteiger partial charge in [-0.05, 0) is 56.6 Å². The van der Waals surface area contributed by atoms with Gasteiger partial charge in [0.2, 0.25) is 0 Å². The van der Waals surface area contributed by atoms with Gasteiger partial charge in [-0.1, -0.05) is 72.3 Å². The molecule has 3 aromatic carbocycles. The monoisotopic (exact) mass is 563 g/mol. The lowest BCUT2D eigenvalue weighted by atomic mass is 9.85. The van der Waals surface area contributed by atoms with Crippen molar-refractivity contribution in [1.82, 2.24) is 14.8 Å². The van der Waals surface area contributed by atoms with Crippen LogP contribution >= 0.6 is 0 Å². The van der Waals surface area contributed by atoms with Crippen molar-refractivity contribution in [2.75, 3.05) is 13.7 Å². The first kappa shape index (κ1) is 28.2. The van der Waals surface area contributed by atoms with Crippen molar-refractivity contribution in [3.8, 4) is 5.75 Å². The molecule has 2 atom stereocenters. The summed E-state index contributed by atoms with van der Waals surface area (Å²) >= 11 is 0. The fraction of sp³-hybridized carbons (Fsp3) is 0.389. The summed E-state index contributed by atoms with van der Waals surface area (Å²) in [6.07, 6.45) is 8.33. The van der Waals surface area contributed by atoms with Crippen molar-refractivity contribution in [2.45, 2.75) is 70.6 Å². The molecule has 1 aromatic heterocycles. The number of carbonyl (C=O) groups is 2. The molecular formula is C36H41N3O3. The van der Waals surface area contributed by atoms with Crippen molar-refractivity contribution in [1.29, 1.82) is 0 Å². The van der Waals surface area contributed by atoms with E-state index in [-0.39, 0.29) is 11.7 Å². The topological polar surface area (TPSA) is 63.6 Å². The molecule has 2 saturated heterocycles. The van der Waals surface area contributed by atoms with Gasteiger partial charge in [0, 0.05) is 55.3 Å². The SMILES string of the molecule is COc1cccc2c(C(=O)NCc3cccc(C)c3)cn(CCCN3C4CCC3CC(CC(=O)c3ccccc3)C4)c12. The minimum atomic E-state index is -0.0707. The Bertz CT molecular complexity index is 1550. The number of aryl methyl sites for hydroxylation is 2. The van der Waals surface area contributed by atoms with Crippen LogP contribution in [-0.2, 0) is 13.1 Å². The second-order valence-electron chi connectivity index (χ2n) is 12.1. The van der Waals surface area contributed by atoms with Gasteiger partial charge >= 0.3 is 0 Å². The van der Waals surface area contributed by atoms with Gasteiger partial charge in [-0.2, -0.15) is 0 Å². The highest BCUT2D eigenvalue weighted by Gasteiger charge is 2.40. The first-order valence-corrected chi connectivity index (χ1v) is 15.3. The predicted molar refractivity (Wildman–Crippen MR) is 167 cm³/mol. The van der Waals surface area contributed by atoms with Crippen molar-refractivity contribution in [3.05, 3.63) is 101 Å². The van der Waals surface area contributed by atoms with Gasteiger partial charge < -0.3 is 14.6 Å². The number of methoxy groups -OCH3 is 1. The van der Waals surface area contributed by atoms with Gasteiger partial charge in [-0.15, -0.1) is 0 Å². The number of ketones is 1. The molecule has 0 spiro atoms. The molecule has 6 heteroatoms. The van der Waals surface area contributed by atoms with Crippen LogP contribution in [0.25, 0.3) is 10.9 Å². The average molecular weight is 564 g/mol. The number of aromatic nitrogens is 1. The molecule has 4 aromatic rings. The smallest absolute Gasteiger partial charge is 0.253 e. The van der Waals surface area contributed by atoms with E-state index < -0.39 is 0 Å². The standard InChI is InChI=1S/C36H41N3O3/c1-25-9-6-10-26(19-25)23-37-36(41)32-24-38(35-31(32)13-7-14-34(35)42-2)17-8-18-39-29-15-16-30(39)21-27(20-29)22-33(40)28-11-4-3-5-12-28/h3-7,9-14,19,24,27,29-30H,8,15-18,20-23H2,1-2H3,(H,37,41). The van der Waals surface area contributed by atoms with E-state index in [4.69, 9.17) is 4.74 Å². The van der Waals surface area contributed by atoms with Crippen LogP contribution in [0.3, 0.4) is 0 Å². The van der Waals surface area contributed by atoms with E-state index >= 15 is 0 Å². The Labute approximate surface area is 248 Å². The third-order valence-corrected chi connectivity index (χ3v) is 9.23. The molecule has 0 aliphatic carbocycles. The third kappa shape index (κ3) is 6.00. The molecule has 42 heavy (non-hydrogen) atoms. The maximum Gasteiger partial charge on any atom is 0.253 e. The summed E-state index contributed by atoms with van der Waals surface area (Å²) in [6.45, 7) is 4.39. The van der Waals surface area contributed by atoms with Crippen LogP contribution in [0.2, 0.25) is 0 Å². The lowest BCUT2D eigenvalue weighted by Crippen LogP contribution is -2.43. The van der Waals surface area contributed by atoms with E-state index in [9.17, 15) is 9.59 Å². The predicted octanol–water partition coefficient (Wildman–Crippen LogP) is 6.79. The highest BCUT2D eigenvalue weighted by atomic mass is 16.5. The molecule has 6 rings (SSSR count). The molecule has 0 saturated carbocycles. The van der Waals surface area contributed by atoms with Gasteiger partial charge in [-0.25, -0.2) is 0 Å². The third-order valence-electron chi connectivity index (χ3n) is 9.23. The molecular weight excluding hydrogens is 522 g/mol. The first-order valence-electron chi connectivity index (χ1n) is 15.3. The van der Waals surface area contributed by atoms with Crippen LogP contribution in [0.4, 0.5) is 0 Å². The number of carbonyl (C=O) groups excluding carboxylic acids is 2. The molecule has 3 heterocycles.